The Hall–Kier alpha value is -3.60. The summed E-state index contributed by atoms with van der Waals surface area (Å²) in [6, 6.07) is 19.6. The van der Waals surface area contributed by atoms with Crippen LogP contribution in [0.25, 0.3) is 11.0 Å². The van der Waals surface area contributed by atoms with Crippen molar-refractivity contribution >= 4 is 40.1 Å². The van der Waals surface area contributed by atoms with Crippen LogP contribution in [0.3, 0.4) is 0 Å². The minimum atomic E-state index is 0.599. The second-order valence-electron chi connectivity index (χ2n) is 7.82. The number of hydrogen-bond donors (Lipinski definition) is 2. The number of halogens is 1. The summed E-state index contributed by atoms with van der Waals surface area (Å²) in [4.78, 5) is 16.9. The summed E-state index contributed by atoms with van der Waals surface area (Å²) in [5.74, 6) is 1.34. The Morgan fingerprint density at radius 2 is 1.91 bits per heavy atom. The lowest BCUT2D eigenvalue weighted by molar-refractivity contribution is 0.250. The third-order valence-electron chi connectivity index (χ3n) is 5.65. The van der Waals surface area contributed by atoms with E-state index in [4.69, 9.17) is 16.9 Å². The summed E-state index contributed by atoms with van der Waals surface area (Å²) in [7, 11) is 0. The quantitative estimate of drug-likeness (QED) is 0.470. The van der Waals surface area contributed by atoms with Crippen LogP contribution in [0, 0.1) is 11.3 Å². The van der Waals surface area contributed by atoms with Gasteiger partial charge in [0.1, 0.15) is 5.82 Å². The van der Waals surface area contributed by atoms with Gasteiger partial charge in [-0.15, -0.1) is 0 Å². The maximum Gasteiger partial charge on any atom is 0.206 e. The monoisotopic (exact) mass is 443 g/mol. The van der Waals surface area contributed by atoms with Crippen LogP contribution in [-0.2, 0) is 6.54 Å². The molecule has 4 aromatic rings. The van der Waals surface area contributed by atoms with Crippen molar-refractivity contribution in [3.8, 4) is 6.07 Å². The lowest BCUT2D eigenvalue weighted by Crippen LogP contribution is -2.46. The molecule has 8 heteroatoms. The zero-order valence-electron chi connectivity index (χ0n) is 17.4. The van der Waals surface area contributed by atoms with Gasteiger partial charge in [-0.1, -0.05) is 23.7 Å². The van der Waals surface area contributed by atoms with Gasteiger partial charge >= 0.3 is 0 Å². The van der Waals surface area contributed by atoms with Crippen molar-refractivity contribution < 1.29 is 0 Å². The summed E-state index contributed by atoms with van der Waals surface area (Å²) in [5.41, 5.74) is 4.52. The average molecular weight is 444 g/mol. The fraction of sp³-hybridized carbons (Fsp3) is 0.208. The molecule has 5 rings (SSSR count). The summed E-state index contributed by atoms with van der Waals surface area (Å²) in [5, 5.41) is 13.1. The first-order valence-corrected chi connectivity index (χ1v) is 10.9. The number of nitriles is 1. The number of aromatic nitrogens is 3. The number of pyridine rings is 1. The van der Waals surface area contributed by atoms with Gasteiger partial charge < -0.3 is 15.2 Å². The Bertz CT molecular complexity index is 1280. The molecule has 1 aliphatic rings. The molecule has 0 unspecified atom stereocenters. The molecule has 0 aliphatic carbocycles. The van der Waals surface area contributed by atoms with E-state index in [1.165, 1.54) is 5.56 Å². The normalized spacial score (nSPS) is 14.4. The first-order valence-electron chi connectivity index (χ1n) is 10.5. The lowest BCUT2D eigenvalue weighted by Gasteiger charge is -2.36. The molecule has 0 atom stereocenters. The van der Waals surface area contributed by atoms with Gasteiger partial charge in [0.25, 0.3) is 0 Å². The number of para-hydroxylation sites is 1. The van der Waals surface area contributed by atoms with E-state index in [0.29, 0.717) is 11.5 Å². The second kappa shape index (κ2) is 8.87. The maximum absolute atomic E-state index is 9.07. The number of hydrogen-bond acceptors (Lipinski definition) is 6. The number of H-pyrrole nitrogens is 1. The number of nitrogens with zero attached hydrogens (tertiary/aromatic N) is 5. The number of anilines is 3. The summed E-state index contributed by atoms with van der Waals surface area (Å²) in [6.45, 7) is 4.70. The van der Waals surface area contributed by atoms with Crippen molar-refractivity contribution in [2.45, 2.75) is 6.54 Å². The zero-order valence-corrected chi connectivity index (χ0v) is 18.2. The van der Waals surface area contributed by atoms with Gasteiger partial charge in [0, 0.05) is 38.9 Å². The molecule has 2 aromatic heterocycles. The molecule has 1 saturated heterocycles. The molecule has 0 spiro atoms. The van der Waals surface area contributed by atoms with Crippen LogP contribution in [0.2, 0.25) is 5.02 Å². The predicted octanol–water partition coefficient (Wildman–Crippen LogP) is 4.55. The predicted molar refractivity (Wildman–Crippen MR) is 127 cm³/mol. The van der Waals surface area contributed by atoms with E-state index in [-0.39, 0.29) is 0 Å². The van der Waals surface area contributed by atoms with Gasteiger partial charge in [-0.25, -0.2) is 9.97 Å². The highest BCUT2D eigenvalue weighted by Crippen LogP contribution is 2.26. The second-order valence-corrected chi connectivity index (χ2v) is 8.23. The Labute approximate surface area is 191 Å². The third-order valence-corrected chi connectivity index (χ3v) is 5.97. The Kier molecular flexibility index (Phi) is 5.63. The topological polar surface area (TPSA) is 83.9 Å². The SMILES string of the molecule is N#Cc1ccc2nc(Nc3cc(CN4CCN(c5ccccc5Cl)CC4)ccn3)[nH]c2c1. The van der Waals surface area contributed by atoms with Crippen LogP contribution < -0.4 is 10.2 Å². The van der Waals surface area contributed by atoms with Crippen molar-refractivity contribution in [2.75, 3.05) is 36.4 Å². The number of nitrogens with one attached hydrogen (secondary N) is 2. The Morgan fingerprint density at radius 1 is 1.06 bits per heavy atom. The van der Waals surface area contributed by atoms with Crippen LogP contribution >= 0.6 is 11.6 Å². The molecule has 0 amide bonds. The molecule has 0 bridgehead atoms. The van der Waals surface area contributed by atoms with E-state index in [9.17, 15) is 0 Å². The number of piperazine rings is 1. The summed E-state index contributed by atoms with van der Waals surface area (Å²) < 4.78 is 0. The molecule has 7 nitrogen and oxygen atoms in total. The van der Waals surface area contributed by atoms with E-state index in [2.05, 4.69) is 42.2 Å². The van der Waals surface area contributed by atoms with Crippen molar-refractivity contribution in [3.05, 3.63) is 76.9 Å². The van der Waals surface area contributed by atoms with Crippen LogP contribution in [0.15, 0.2) is 60.8 Å². The van der Waals surface area contributed by atoms with Crippen LogP contribution in [-0.4, -0.2) is 46.0 Å². The average Bonchev–Trinajstić information content (AvgIpc) is 3.21. The van der Waals surface area contributed by atoms with E-state index >= 15 is 0 Å². The van der Waals surface area contributed by atoms with Crippen LogP contribution in [0.4, 0.5) is 17.5 Å². The minimum Gasteiger partial charge on any atom is -0.368 e. The van der Waals surface area contributed by atoms with Gasteiger partial charge in [-0.2, -0.15) is 5.26 Å². The van der Waals surface area contributed by atoms with Crippen LogP contribution in [0.1, 0.15) is 11.1 Å². The highest BCUT2D eigenvalue weighted by molar-refractivity contribution is 6.33. The Morgan fingerprint density at radius 3 is 2.72 bits per heavy atom. The fourth-order valence-electron chi connectivity index (χ4n) is 4.01. The molecule has 0 saturated carbocycles. The number of imidazole rings is 1. The van der Waals surface area contributed by atoms with Gasteiger partial charge in [-0.3, -0.25) is 4.90 Å². The van der Waals surface area contributed by atoms with Gasteiger partial charge in [0.15, 0.2) is 0 Å². The molecule has 0 radical (unpaired) electrons. The number of rotatable bonds is 5. The molecular formula is C24H22ClN7. The molecule has 3 heterocycles. The van der Waals surface area contributed by atoms with E-state index in [1.807, 2.05) is 42.6 Å². The van der Waals surface area contributed by atoms with Crippen molar-refractivity contribution in [3.63, 3.8) is 0 Å². The molecular weight excluding hydrogens is 422 g/mol. The van der Waals surface area contributed by atoms with E-state index in [1.54, 1.807) is 12.1 Å². The molecule has 2 N–H and O–H groups in total. The molecule has 160 valence electrons. The van der Waals surface area contributed by atoms with Crippen LogP contribution in [0.5, 0.6) is 0 Å². The van der Waals surface area contributed by atoms with Gasteiger partial charge in [0.05, 0.1) is 33.4 Å². The molecule has 32 heavy (non-hydrogen) atoms. The molecule has 1 fully saturated rings. The highest BCUT2D eigenvalue weighted by Gasteiger charge is 2.19. The first-order chi connectivity index (χ1) is 15.7. The summed E-state index contributed by atoms with van der Waals surface area (Å²) >= 11 is 6.36. The molecule has 2 aromatic carbocycles. The maximum atomic E-state index is 9.07. The van der Waals surface area contributed by atoms with Crippen molar-refractivity contribution in [1.82, 2.24) is 19.9 Å². The fourth-order valence-corrected chi connectivity index (χ4v) is 4.27. The van der Waals surface area contributed by atoms with Crippen molar-refractivity contribution in [2.24, 2.45) is 0 Å². The van der Waals surface area contributed by atoms with E-state index in [0.717, 1.165) is 60.3 Å². The first kappa shape index (κ1) is 20.3. The number of fused-ring (bicyclic) bond motifs is 1. The zero-order chi connectivity index (χ0) is 21.9. The highest BCUT2D eigenvalue weighted by atomic mass is 35.5. The minimum absolute atomic E-state index is 0.599. The largest absolute Gasteiger partial charge is 0.368 e. The smallest absolute Gasteiger partial charge is 0.206 e. The Balaban J connectivity index is 1.22. The standard InChI is InChI=1S/C24H22ClN7/c25-19-3-1-2-4-22(19)32-11-9-31(10-12-32)16-18-7-8-27-23(14-18)30-24-28-20-6-5-17(15-26)13-21(20)29-24/h1-8,13-14H,9-12,16H2,(H2,27,28,29,30). The lowest BCUT2D eigenvalue weighted by atomic mass is 10.2. The third kappa shape index (κ3) is 4.37. The number of aromatic amines is 1. The van der Waals surface area contributed by atoms with Crippen molar-refractivity contribution in [1.29, 1.82) is 5.26 Å². The van der Waals surface area contributed by atoms with Gasteiger partial charge in [-0.05, 0) is 48.0 Å². The van der Waals surface area contributed by atoms with E-state index < -0.39 is 0 Å². The van der Waals surface area contributed by atoms with Gasteiger partial charge in [0.2, 0.25) is 5.95 Å². The number of benzene rings is 2. The molecule has 1 aliphatic heterocycles. The summed E-state index contributed by atoms with van der Waals surface area (Å²) in [6.07, 6.45) is 1.81.